The summed E-state index contributed by atoms with van der Waals surface area (Å²) in [5.74, 6) is 0.898. The second kappa shape index (κ2) is 9.03. The molecule has 1 aliphatic rings. The first-order valence-electron chi connectivity index (χ1n) is 11.3. The standard InChI is InChI=1S/C24H30N4O3S/c1-4-26(5-2)32(30,31)19-11-12-22-20(17-19)25-23(27(22)6-3)13-14-24(29)28-16-15-18-9-7-8-10-21(18)28/h7-12,17H,4-6,13-16H2,1-3H3. The first-order chi connectivity index (χ1) is 15.4. The highest BCUT2D eigenvalue weighted by Gasteiger charge is 2.25. The van der Waals surface area contributed by atoms with Crippen molar-refractivity contribution in [1.82, 2.24) is 13.9 Å². The zero-order valence-electron chi connectivity index (χ0n) is 18.9. The molecule has 0 N–H and O–H groups in total. The molecule has 4 rings (SSSR count). The zero-order chi connectivity index (χ0) is 22.9. The summed E-state index contributed by atoms with van der Waals surface area (Å²) in [4.78, 5) is 19.8. The predicted octanol–water partition coefficient (Wildman–Crippen LogP) is 3.61. The van der Waals surface area contributed by atoms with Crippen LogP contribution < -0.4 is 4.90 Å². The summed E-state index contributed by atoms with van der Waals surface area (Å²) >= 11 is 0. The van der Waals surface area contributed by atoms with Gasteiger partial charge in [0, 0.05) is 44.7 Å². The number of fused-ring (bicyclic) bond motifs is 2. The Balaban J connectivity index is 1.57. The summed E-state index contributed by atoms with van der Waals surface area (Å²) < 4.78 is 29.3. The molecule has 2 aromatic carbocycles. The van der Waals surface area contributed by atoms with E-state index >= 15 is 0 Å². The van der Waals surface area contributed by atoms with E-state index in [0.717, 1.165) is 30.0 Å². The second-order valence-electron chi connectivity index (χ2n) is 7.94. The molecule has 0 aliphatic carbocycles. The molecule has 2 heterocycles. The maximum Gasteiger partial charge on any atom is 0.243 e. The van der Waals surface area contributed by atoms with Crippen LogP contribution in [0.2, 0.25) is 0 Å². The monoisotopic (exact) mass is 454 g/mol. The van der Waals surface area contributed by atoms with Gasteiger partial charge < -0.3 is 9.47 Å². The van der Waals surface area contributed by atoms with Gasteiger partial charge in [-0.1, -0.05) is 32.0 Å². The number of sulfonamides is 1. The average molecular weight is 455 g/mol. The van der Waals surface area contributed by atoms with Crippen molar-refractivity contribution in [2.24, 2.45) is 0 Å². The minimum Gasteiger partial charge on any atom is -0.328 e. The summed E-state index contributed by atoms with van der Waals surface area (Å²) in [6.07, 6.45) is 1.76. The van der Waals surface area contributed by atoms with Crippen molar-refractivity contribution in [3.05, 3.63) is 53.9 Å². The number of anilines is 1. The fraction of sp³-hybridized carbons (Fsp3) is 0.417. The van der Waals surface area contributed by atoms with Gasteiger partial charge in [0.2, 0.25) is 15.9 Å². The molecule has 7 nitrogen and oxygen atoms in total. The first-order valence-corrected chi connectivity index (χ1v) is 12.7. The minimum atomic E-state index is -3.54. The Morgan fingerprint density at radius 3 is 2.56 bits per heavy atom. The van der Waals surface area contributed by atoms with Crippen LogP contribution in [0.4, 0.5) is 5.69 Å². The number of carbonyl (C=O) groups excluding carboxylic acids is 1. The van der Waals surface area contributed by atoms with Gasteiger partial charge in [-0.05, 0) is 43.2 Å². The Hall–Kier alpha value is -2.71. The second-order valence-corrected chi connectivity index (χ2v) is 9.87. The van der Waals surface area contributed by atoms with Crippen molar-refractivity contribution in [3.63, 3.8) is 0 Å². The Kier molecular flexibility index (Phi) is 6.35. The number of imidazole rings is 1. The third-order valence-electron chi connectivity index (χ3n) is 6.21. The summed E-state index contributed by atoms with van der Waals surface area (Å²) in [5, 5.41) is 0. The Morgan fingerprint density at radius 2 is 1.84 bits per heavy atom. The van der Waals surface area contributed by atoms with E-state index in [9.17, 15) is 13.2 Å². The first kappa shape index (κ1) is 22.5. The Bertz CT molecular complexity index is 1250. The van der Waals surface area contributed by atoms with Crippen molar-refractivity contribution in [3.8, 4) is 0 Å². The van der Waals surface area contributed by atoms with Crippen molar-refractivity contribution >= 4 is 32.7 Å². The lowest BCUT2D eigenvalue weighted by Gasteiger charge is -2.18. The molecule has 170 valence electrons. The van der Waals surface area contributed by atoms with Gasteiger partial charge in [-0.15, -0.1) is 0 Å². The topological polar surface area (TPSA) is 75.5 Å². The van der Waals surface area contributed by atoms with Crippen LogP contribution in [-0.4, -0.2) is 47.8 Å². The lowest BCUT2D eigenvalue weighted by Crippen LogP contribution is -2.30. The molecule has 8 heteroatoms. The lowest BCUT2D eigenvalue weighted by molar-refractivity contribution is -0.118. The molecule has 3 aromatic rings. The molecule has 0 saturated heterocycles. The van der Waals surface area contributed by atoms with Gasteiger partial charge in [0.15, 0.2) is 0 Å². The lowest BCUT2D eigenvalue weighted by atomic mass is 10.2. The SMILES string of the molecule is CCN(CC)S(=O)(=O)c1ccc2c(c1)nc(CCC(=O)N1CCc3ccccc31)n2CC. The minimum absolute atomic E-state index is 0.0921. The highest BCUT2D eigenvalue weighted by atomic mass is 32.2. The van der Waals surface area contributed by atoms with E-state index in [2.05, 4.69) is 10.6 Å². The van der Waals surface area contributed by atoms with Crippen LogP contribution in [0.5, 0.6) is 0 Å². The smallest absolute Gasteiger partial charge is 0.243 e. The van der Waals surface area contributed by atoms with Crippen LogP contribution in [0.3, 0.4) is 0 Å². The quantitative estimate of drug-likeness (QED) is 0.521. The third kappa shape index (κ3) is 3.93. The van der Waals surface area contributed by atoms with E-state index in [1.54, 1.807) is 12.1 Å². The van der Waals surface area contributed by atoms with Crippen LogP contribution in [0.15, 0.2) is 47.4 Å². The molecule has 1 amide bonds. The van der Waals surface area contributed by atoms with Crippen LogP contribution in [0, 0.1) is 0 Å². The molecule has 0 bridgehead atoms. The molecule has 0 saturated carbocycles. The van der Waals surface area contributed by atoms with Crippen LogP contribution in [0.25, 0.3) is 11.0 Å². The van der Waals surface area contributed by atoms with E-state index in [1.807, 2.05) is 49.9 Å². The Morgan fingerprint density at radius 1 is 1.09 bits per heavy atom. The number of para-hydroxylation sites is 1. The van der Waals surface area contributed by atoms with E-state index in [4.69, 9.17) is 4.98 Å². The number of aromatic nitrogens is 2. The van der Waals surface area contributed by atoms with E-state index in [1.165, 1.54) is 9.87 Å². The molecule has 1 aliphatic heterocycles. The number of benzene rings is 2. The molecule has 0 atom stereocenters. The van der Waals surface area contributed by atoms with Crippen LogP contribution >= 0.6 is 0 Å². The summed E-state index contributed by atoms with van der Waals surface area (Å²) in [6.45, 7) is 7.96. The fourth-order valence-corrected chi connectivity index (χ4v) is 6.01. The average Bonchev–Trinajstić information content (AvgIpc) is 3.38. The number of hydrogen-bond donors (Lipinski definition) is 0. The molecule has 1 aromatic heterocycles. The highest BCUT2D eigenvalue weighted by molar-refractivity contribution is 7.89. The van der Waals surface area contributed by atoms with Gasteiger partial charge in [-0.2, -0.15) is 4.31 Å². The molecule has 0 fully saturated rings. The van der Waals surface area contributed by atoms with Crippen molar-refractivity contribution < 1.29 is 13.2 Å². The Labute approximate surface area is 189 Å². The van der Waals surface area contributed by atoms with Gasteiger partial charge in [-0.25, -0.2) is 13.4 Å². The maximum atomic E-state index is 12.9. The van der Waals surface area contributed by atoms with E-state index < -0.39 is 10.0 Å². The molecule has 0 spiro atoms. The third-order valence-corrected chi connectivity index (χ3v) is 8.25. The molecular weight excluding hydrogens is 424 g/mol. The van der Waals surface area contributed by atoms with E-state index in [-0.39, 0.29) is 10.8 Å². The van der Waals surface area contributed by atoms with Crippen LogP contribution in [-0.2, 0) is 34.2 Å². The fourth-order valence-electron chi connectivity index (χ4n) is 4.53. The van der Waals surface area contributed by atoms with Gasteiger partial charge in [0.1, 0.15) is 5.82 Å². The van der Waals surface area contributed by atoms with Gasteiger partial charge in [0.05, 0.1) is 15.9 Å². The predicted molar refractivity (Wildman–Crippen MR) is 126 cm³/mol. The number of amides is 1. The van der Waals surface area contributed by atoms with Crippen molar-refractivity contribution in [2.45, 2.75) is 51.5 Å². The van der Waals surface area contributed by atoms with Gasteiger partial charge in [0.25, 0.3) is 0 Å². The maximum absolute atomic E-state index is 12.9. The molecule has 32 heavy (non-hydrogen) atoms. The van der Waals surface area contributed by atoms with Gasteiger partial charge >= 0.3 is 0 Å². The highest BCUT2D eigenvalue weighted by Crippen LogP contribution is 2.28. The molecule has 0 unspecified atom stereocenters. The van der Waals surface area contributed by atoms with Crippen LogP contribution in [0.1, 0.15) is 38.6 Å². The summed E-state index contributed by atoms with van der Waals surface area (Å²) in [5.41, 5.74) is 3.75. The molecular formula is C24H30N4O3S. The van der Waals surface area contributed by atoms with E-state index in [0.29, 0.717) is 38.0 Å². The zero-order valence-corrected chi connectivity index (χ0v) is 19.7. The number of nitrogens with zero attached hydrogens (tertiary/aromatic N) is 4. The number of carbonyl (C=O) groups is 1. The van der Waals surface area contributed by atoms with Gasteiger partial charge in [-0.3, -0.25) is 4.79 Å². The normalized spacial score (nSPS) is 13.8. The number of hydrogen-bond acceptors (Lipinski definition) is 4. The summed E-state index contributed by atoms with van der Waals surface area (Å²) in [6, 6.07) is 13.2. The van der Waals surface area contributed by atoms with Crippen molar-refractivity contribution in [1.29, 1.82) is 0 Å². The molecule has 0 radical (unpaired) electrons. The number of rotatable bonds is 8. The number of aryl methyl sites for hydroxylation is 2. The largest absolute Gasteiger partial charge is 0.328 e. The summed E-state index contributed by atoms with van der Waals surface area (Å²) in [7, 11) is -3.54. The van der Waals surface area contributed by atoms with Crippen molar-refractivity contribution in [2.75, 3.05) is 24.5 Å².